The smallest absolute Gasteiger partial charge is 0.133 e. The van der Waals surface area contributed by atoms with Crippen LogP contribution in [0.5, 0.6) is 0 Å². The summed E-state index contributed by atoms with van der Waals surface area (Å²) in [7, 11) is 0. The summed E-state index contributed by atoms with van der Waals surface area (Å²) < 4.78 is 5.37. The second-order valence-electron chi connectivity index (χ2n) is 4.11. The van der Waals surface area contributed by atoms with E-state index in [1.165, 1.54) is 0 Å². The summed E-state index contributed by atoms with van der Waals surface area (Å²) in [5, 5.41) is 0. The average molecular weight is 178 g/mol. The highest BCUT2D eigenvalue weighted by atomic mass is 16.3. The van der Waals surface area contributed by atoms with Gasteiger partial charge in [0.15, 0.2) is 0 Å². The zero-order valence-electron chi connectivity index (χ0n) is 7.88. The highest BCUT2D eigenvalue weighted by molar-refractivity contribution is 5.80. The molecule has 1 heterocycles. The van der Waals surface area contributed by atoms with Crippen LogP contribution in [0.3, 0.4) is 0 Å². The molecule has 1 fully saturated rings. The Balaban J connectivity index is 2.24. The zero-order chi connectivity index (χ0) is 9.31. The van der Waals surface area contributed by atoms with Crippen LogP contribution in [0, 0.1) is 0 Å². The van der Waals surface area contributed by atoms with Gasteiger partial charge in [-0.15, -0.1) is 0 Å². The summed E-state index contributed by atoms with van der Waals surface area (Å²) in [6.45, 7) is 2.11. The van der Waals surface area contributed by atoms with Gasteiger partial charge in [0.2, 0.25) is 0 Å². The average Bonchev–Trinajstić information content (AvgIpc) is 2.55. The number of ketones is 1. The maximum absolute atomic E-state index is 11.3. The molecule has 1 unspecified atom stereocenters. The fourth-order valence-corrected chi connectivity index (χ4v) is 2.12. The van der Waals surface area contributed by atoms with Crippen molar-refractivity contribution in [1.29, 1.82) is 0 Å². The molecule has 1 aliphatic carbocycles. The van der Waals surface area contributed by atoms with Crippen molar-refractivity contribution in [1.82, 2.24) is 0 Å². The van der Waals surface area contributed by atoms with E-state index in [9.17, 15) is 4.79 Å². The fraction of sp³-hybridized carbons (Fsp3) is 0.545. The van der Waals surface area contributed by atoms with E-state index in [1.807, 2.05) is 12.1 Å². The first-order valence-electron chi connectivity index (χ1n) is 4.76. The van der Waals surface area contributed by atoms with Crippen LogP contribution < -0.4 is 0 Å². The molecule has 0 aliphatic heterocycles. The Hall–Kier alpha value is -1.05. The van der Waals surface area contributed by atoms with Crippen molar-refractivity contribution in [2.24, 2.45) is 0 Å². The Labute approximate surface area is 77.9 Å². The summed E-state index contributed by atoms with van der Waals surface area (Å²) in [5.41, 5.74) is -0.0428. The molecule has 13 heavy (non-hydrogen) atoms. The molecule has 0 bridgehead atoms. The zero-order valence-corrected chi connectivity index (χ0v) is 7.88. The van der Waals surface area contributed by atoms with Crippen LogP contribution in [0.25, 0.3) is 0 Å². The molecule has 2 heteroatoms. The van der Waals surface area contributed by atoms with E-state index in [2.05, 4.69) is 6.92 Å². The van der Waals surface area contributed by atoms with Gasteiger partial charge >= 0.3 is 0 Å². The van der Waals surface area contributed by atoms with E-state index in [1.54, 1.807) is 6.26 Å². The highest BCUT2D eigenvalue weighted by Crippen LogP contribution is 2.37. The second kappa shape index (κ2) is 3.02. The molecule has 70 valence electrons. The molecule has 2 nitrogen and oxygen atoms in total. The van der Waals surface area contributed by atoms with Crippen LogP contribution in [0.15, 0.2) is 22.8 Å². The molecule has 1 aliphatic rings. The molecule has 1 saturated carbocycles. The fourth-order valence-electron chi connectivity index (χ4n) is 2.12. The molecular formula is C11H14O2. The third-order valence-corrected chi connectivity index (χ3v) is 2.89. The minimum atomic E-state index is -0.0428. The first-order valence-corrected chi connectivity index (χ1v) is 4.76. The molecule has 0 radical (unpaired) electrons. The van der Waals surface area contributed by atoms with Gasteiger partial charge in [-0.05, 0) is 25.0 Å². The number of hydrogen-bond donors (Lipinski definition) is 0. The minimum Gasteiger partial charge on any atom is -0.469 e. The SMILES string of the molecule is CC1(c2ccco2)CCCC(=O)C1. The minimum absolute atomic E-state index is 0.0428. The summed E-state index contributed by atoms with van der Waals surface area (Å²) in [5.74, 6) is 1.32. The van der Waals surface area contributed by atoms with Crippen molar-refractivity contribution in [2.75, 3.05) is 0 Å². The maximum Gasteiger partial charge on any atom is 0.133 e. The van der Waals surface area contributed by atoms with Gasteiger partial charge < -0.3 is 4.42 Å². The van der Waals surface area contributed by atoms with Gasteiger partial charge in [-0.3, -0.25) is 4.79 Å². The molecule has 0 amide bonds. The highest BCUT2D eigenvalue weighted by Gasteiger charge is 2.34. The third-order valence-electron chi connectivity index (χ3n) is 2.89. The molecule has 0 spiro atoms. The standard InChI is InChI=1S/C11H14O2/c1-11(10-5-3-7-13-10)6-2-4-9(12)8-11/h3,5,7H,2,4,6,8H2,1H3. The Kier molecular flexibility index (Phi) is 1.98. The van der Waals surface area contributed by atoms with Gasteiger partial charge in [0.25, 0.3) is 0 Å². The predicted molar refractivity (Wildman–Crippen MR) is 49.5 cm³/mol. The molecule has 2 rings (SSSR count). The largest absolute Gasteiger partial charge is 0.469 e. The van der Waals surface area contributed by atoms with E-state index in [0.717, 1.165) is 25.0 Å². The molecule has 0 aromatic carbocycles. The second-order valence-corrected chi connectivity index (χ2v) is 4.11. The van der Waals surface area contributed by atoms with Gasteiger partial charge in [-0.1, -0.05) is 6.92 Å². The van der Waals surface area contributed by atoms with Crippen LogP contribution in [-0.4, -0.2) is 5.78 Å². The van der Waals surface area contributed by atoms with Crippen molar-refractivity contribution in [3.05, 3.63) is 24.2 Å². The van der Waals surface area contributed by atoms with Gasteiger partial charge in [-0.25, -0.2) is 0 Å². The summed E-state index contributed by atoms with van der Waals surface area (Å²) >= 11 is 0. The summed E-state index contributed by atoms with van der Waals surface area (Å²) in [6.07, 6.45) is 5.12. The van der Waals surface area contributed by atoms with Crippen molar-refractivity contribution >= 4 is 5.78 Å². The molecular weight excluding hydrogens is 164 g/mol. The number of rotatable bonds is 1. The Morgan fingerprint density at radius 2 is 2.38 bits per heavy atom. The Morgan fingerprint density at radius 1 is 1.54 bits per heavy atom. The number of furan rings is 1. The van der Waals surface area contributed by atoms with Gasteiger partial charge in [0.05, 0.1) is 6.26 Å². The van der Waals surface area contributed by atoms with Crippen LogP contribution >= 0.6 is 0 Å². The van der Waals surface area contributed by atoms with Crippen LogP contribution in [0.4, 0.5) is 0 Å². The monoisotopic (exact) mass is 178 g/mol. The maximum atomic E-state index is 11.3. The van der Waals surface area contributed by atoms with E-state index in [4.69, 9.17) is 4.42 Å². The van der Waals surface area contributed by atoms with Gasteiger partial charge in [-0.2, -0.15) is 0 Å². The normalized spacial score (nSPS) is 29.2. The lowest BCUT2D eigenvalue weighted by Crippen LogP contribution is -2.29. The van der Waals surface area contributed by atoms with Crippen molar-refractivity contribution in [2.45, 2.75) is 38.0 Å². The lowest BCUT2D eigenvalue weighted by atomic mass is 9.73. The number of Topliss-reactive ketones (excluding diaryl/α,β-unsaturated/α-hetero) is 1. The predicted octanol–water partition coefficient (Wildman–Crippen LogP) is 2.68. The van der Waals surface area contributed by atoms with Crippen LogP contribution in [-0.2, 0) is 10.2 Å². The Bertz CT molecular complexity index is 300. The molecule has 1 aromatic heterocycles. The van der Waals surface area contributed by atoms with Gasteiger partial charge in [0.1, 0.15) is 11.5 Å². The van der Waals surface area contributed by atoms with E-state index in [0.29, 0.717) is 12.2 Å². The molecule has 1 atom stereocenters. The first-order chi connectivity index (χ1) is 6.21. The number of hydrogen-bond acceptors (Lipinski definition) is 2. The van der Waals surface area contributed by atoms with E-state index in [-0.39, 0.29) is 5.41 Å². The first kappa shape index (κ1) is 8.54. The molecule has 0 N–H and O–H groups in total. The van der Waals surface area contributed by atoms with E-state index >= 15 is 0 Å². The summed E-state index contributed by atoms with van der Waals surface area (Å²) in [6, 6.07) is 3.86. The molecule has 0 saturated heterocycles. The lowest BCUT2D eigenvalue weighted by molar-refractivity contribution is -0.122. The number of carbonyl (C=O) groups is 1. The van der Waals surface area contributed by atoms with Crippen molar-refractivity contribution in [3.63, 3.8) is 0 Å². The lowest BCUT2D eigenvalue weighted by Gasteiger charge is -2.30. The van der Waals surface area contributed by atoms with E-state index < -0.39 is 0 Å². The van der Waals surface area contributed by atoms with Crippen molar-refractivity contribution in [3.8, 4) is 0 Å². The Morgan fingerprint density at radius 3 is 3.00 bits per heavy atom. The summed E-state index contributed by atoms with van der Waals surface area (Å²) in [4.78, 5) is 11.3. The van der Waals surface area contributed by atoms with Gasteiger partial charge in [0, 0.05) is 18.3 Å². The van der Waals surface area contributed by atoms with Crippen LogP contribution in [0.2, 0.25) is 0 Å². The third kappa shape index (κ3) is 1.53. The number of carbonyl (C=O) groups excluding carboxylic acids is 1. The quantitative estimate of drug-likeness (QED) is 0.661. The topological polar surface area (TPSA) is 30.2 Å². The van der Waals surface area contributed by atoms with Crippen LogP contribution in [0.1, 0.15) is 38.4 Å². The van der Waals surface area contributed by atoms with Crippen molar-refractivity contribution < 1.29 is 9.21 Å². The molecule has 1 aromatic rings.